The van der Waals surface area contributed by atoms with Crippen molar-refractivity contribution < 1.29 is 0 Å². The number of nitrogens with zero attached hydrogens (tertiary/aromatic N) is 1. The van der Waals surface area contributed by atoms with E-state index in [0.717, 1.165) is 0 Å². The first kappa shape index (κ1) is 11.5. The highest BCUT2D eigenvalue weighted by Gasteiger charge is 2.15. The standard InChI is InChI=1S/C19H17N/c1-12-13(2)20(3)19-17-11-7-5-9-15(17)14-8-4-6-10-16(14)18(12)19/h4-11H,1-3H3. The lowest BCUT2D eigenvalue weighted by Gasteiger charge is -2.09. The second kappa shape index (κ2) is 3.86. The van der Waals surface area contributed by atoms with Crippen LogP contribution in [-0.4, -0.2) is 4.57 Å². The molecule has 0 aliphatic heterocycles. The van der Waals surface area contributed by atoms with Crippen LogP contribution in [0.5, 0.6) is 0 Å². The van der Waals surface area contributed by atoms with Crippen molar-refractivity contribution in [2.24, 2.45) is 7.05 Å². The van der Waals surface area contributed by atoms with Crippen LogP contribution in [0.4, 0.5) is 0 Å². The molecule has 3 aromatic carbocycles. The van der Waals surface area contributed by atoms with Gasteiger partial charge in [0.15, 0.2) is 0 Å². The second-order valence-electron chi connectivity index (χ2n) is 5.58. The third kappa shape index (κ3) is 1.27. The van der Waals surface area contributed by atoms with Crippen LogP contribution in [0.3, 0.4) is 0 Å². The van der Waals surface area contributed by atoms with Crippen molar-refractivity contribution in [3.05, 3.63) is 59.8 Å². The summed E-state index contributed by atoms with van der Waals surface area (Å²) in [7, 11) is 2.17. The number of aryl methyl sites for hydroxylation is 2. The average Bonchev–Trinajstić information content (AvgIpc) is 2.73. The highest BCUT2D eigenvalue weighted by Crippen LogP contribution is 2.38. The quantitative estimate of drug-likeness (QED) is 0.387. The SMILES string of the molecule is Cc1c(C)n(C)c2c3ccccc3c3ccccc3c12. The molecule has 0 amide bonds. The van der Waals surface area contributed by atoms with Gasteiger partial charge in [-0.15, -0.1) is 0 Å². The fourth-order valence-corrected chi connectivity index (χ4v) is 3.45. The van der Waals surface area contributed by atoms with Gasteiger partial charge in [0.2, 0.25) is 0 Å². The van der Waals surface area contributed by atoms with E-state index < -0.39 is 0 Å². The van der Waals surface area contributed by atoms with E-state index in [4.69, 9.17) is 0 Å². The van der Waals surface area contributed by atoms with Gasteiger partial charge >= 0.3 is 0 Å². The van der Waals surface area contributed by atoms with Crippen molar-refractivity contribution in [1.29, 1.82) is 0 Å². The molecule has 1 heterocycles. The summed E-state index contributed by atoms with van der Waals surface area (Å²) in [6.07, 6.45) is 0. The van der Waals surface area contributed by atoms with Crippen LogP contribution in [-0.2, 0) is 7.05 Å². The molecule has 0 unspecified atom stereocenters. The summed E-state index contributed by atoms with van der Waals surface area (Å²) in [5.41, 5.74) is 4.10. The first-order chi connectivity index (χ1) is 9.70. The molecule has 0 N–H and O–H groups in total. The predicted molar refractivity (Wildman–Crippen MR) is 87.4 cm³/mol. The molecule has 4 aromatic rings. The zero-order chi connectivity index (χ0) is 13.9. The lowest BCUT2D eigenvalue weighted by Crippen LogP contribution is -1.91. The van der Waals surface area contributed by atoms with Crippen LogP contribution in [0.2, 0.25) is 0 Å². The third-order valence-corrected chi connectivity index (χ3v) is 4.66. The Kier molecular flexibility index (Phi) is 2.23. The normalized spacial score (nSPS) is 11.8. The summed E-state index contributed by atoms with van der Waals surface area (Å²) in [5, 5.41) is 6.81. The van der Waals surface area contributed by atoms with Gasteiger partial charge in [-0.05, 0) is 35.6 Å². The largest absolute Gasteiger partial charge is 0.347 e. The number of hydrogen-bond donors (Lipinski definition) is 0. The van der Waals surface area contributed by atoms with E-state index in [9.17, 15) is 0 Å². The Morgan fingerprint density at radius 2 is 1.20 bits per heavy atom. The fourth-order valence-electron chi connectivity index (χ4n) is 3.45. The van der Waals surface area contributed by atoms with Gasteiger partial charge in [0.25, 0.3) is 0 Å². The Labute approximate surface area is 118 Å². The Hall–Kier alpha value is -2.28. The van der Waals surface area contributed by atoms with Crippen molar-refractivity contribution in [2.45, 2.75) is 13.8 Å². The molecule has 0 aliphatic carbocycles. The van der Waals surface area contributed by atoms with Crippen LogP contribution >= 0.6 is 0 Å². The molecular weight excluding hydrogens is 242 g/mol. The van der Waals surface area contributed by atoms with E-state index in [-0.39, 0.29) is 0 Å². The molecule has 0 radical (unpaired) electrons. The van der Waals surface area contributed by atoms with Crippen LogP contribution in [0.15, 0.2) is 48.5 Å². The van der Waals surface area contributed by atoms with Crippen LogP contribution in [0.25, 0.3) is 32.4 Å². The minimum absolute atomic E-state index is 1.34. The highest BCUT2D eigenvalue weighted by atomic mass is 14.9. The highest BCUT2D eigenvalue weighted by molar-refractivity contribution is 6.25. The summed E-state index contributed by atoms with van der Waals surface area (Å²) in [6.45, 7) is 4.44. The molecule has 0 saturated heterocycles. The summed E-state index contributed by atoms with van der Waals surface area (Å²) in [6, 6.07) is 17.5. The van der Waals surface area contributed by atoms with Gasteiger partial charge in [-0.25, -0.2) is 0 Å². The number of benzene rings is 3. The number of aromatic nitrogens is 1. The maximum Gasteiger partial charge on any atom is 0.0568 e. The topological polar surface area (TPSA) is 4.93 Å². The first-order valence-corrected chi connectivity index (χ1v) is 7.05. The molecule has 0 aliphatic rings. The molecule has 1 heteroatoms. The minimum Gasteiger partial charge on any atom is -0.347 e. The first-order valence-electron chi connectivity index (χ1n) is 7.05. The molecular formula is C19H17N. The molecule has 20 heavy (non-hydrogen) atoms. The molecule has 0 saturated carbocycles. The molecule has 0 spiro atoms. The molecule has 4 rings (SSSR count). The molecule has 1 nitrogen and oxygen atoms in total. The molecule has 0 atom stereocenters. The van der Waals surface area contributed by atoms with Gasteiger partial charge in [-0.2, -0.15) is 0 Å². The number of rotatable bonds is 0. The smallest absolute Gasteiger partial charge is 0.0568 e. The van der Waals surface area contributed by atoms with E-state index >= 15 is 0 Å². The lowest BCUT2D eigenvalue weighted by atomic mass is 9.96. The monoisotopic (exact) mass is 259 g/mol. The molecule has 1 aromatic heterocycles. The van der Waals surface area contributed by atoms with Crippen molar-refractivity contribution in [3.63, 3.8) is 0 Å². The van der Waals surface area contributed by atoms with Crippen molar-refractivity contribution in [1.82, 2.24) is 4.57 Å². The van der Waals surface area contributed by atoms with E-state index in [1.54, 1.807) is 0 Å². The van der Waals surface area contributed by atoms with Crippen LogP contribution in [0, 0.1) is 13.8 Å². The zero-order valence-electron chi connectivity index (χ0n) is 12.1. The molecule has 98 valence electrons. The van der Waals surface area contributed by atoms with Gasteiger partial charge in [0.05, 0.1) is 5.52 Å². The Balaban J connectivity index is 2.50. The van der Waals surface area contributed by atoms with Gasteiger partial charge in [0, 0.05) is 23.5 Å². The summed E-state index contributed by atoms with van der Waals surface area (Å²) in [5.74, 6) is 0. The fraction of sp³-hybridized carbons (Fsp3) is 0.158. The van der Waals surface area contributed by atoms with E-state index in [2.05, 4.69) is 74.0 Å². The maximum atomic E-state index is 2.33. The van der Waals surface area contributed by atoms with Gasteiger partial charge in [-0.3, -0.25) is 0 Å². The van der Waals surface area contributed by atoms with E-state index in [1.165, 1.54) is 43.7 Å². The van der Waals surface area contributed by atoms with Crippen LogP contribution < -0.4 is 0 Å². The molecule has 0 bridgehead atoms. The summed E-state index contributed by atoms with van der Waals surface area (Å²) >= 11 is 0. The number of hydrogen-bond acceptors (Lipinski definition) is 0. The summed E-state index contributed by atoms with van der Waals surface area (Å²) < 4.78 is 2.33. The Morgan fingerprint density at radius 1 is 0.700 bits per heavy atom. The van der Waals surface area contributed by atoms with E-state index in [0.29, 0.717) is 0 Å². The van der Waals surface area contributed by atoms with Crippen molar-refractivity contribution in [2.75, 3.05) is 0 Å². The van der Waals surface area contributed by atoms with Gasteiger partial charge < -0.3 is 4.57 Å². The van der Waals surface area contributed by atoms with Crippen molar-refractivity contribution in [3.8, 4) is 0 Å². The number of fused-ring (bicyclic) bond motifs is 6. The van der Waals surface area contributed by atoms with Gasteiger partial charge in [-0.1, -0.05) is 48.5 Å². The zero-order valence-corrected chi connectivity index (χ0v) is 12.1. The lowest BCUT2D eigenvalue weighted by molar-refractivity contribution is 0.913. The molecule has 0 fully saturated rings. The van der Waals surface area contributed by atoms with Gasteiger partial charge in [0.1, 0.15) is 0 Å². The Bertz CT molecular complexity index is 895. The summed E-state index contributed by atoms with van der Waals surface area (Å²) in [4.78, 5) is 0. The second-order valence-corrected chi connectivity index (χ2v) is 5.58. The third-order valence-electron chi connectivity index (χ3n) is 4.66. The average molecular weight is 259 g/mol. The van der Waals surface area contributed by atoms with Crippen LogP contribution in [0.1, 0.15) is 11.3 Å². The predicted octanol–water partition coefficient (Wildman–Crippen LogP) is 5.10. The Morgan fingerprint density at radius 3 is 1.85 bits per heavy atom. The minimum atomic E-state index is 1.34. The van der Waals surface area contributed by atoms with E-state index in [1.807, 2.05) is 0 Å². The van der Waals surface area contributed by atoms with Crippen molar-refractivity contribution >= 4 is 32.4 Å². The maximum absolute atomic E-state index is 2.33.